The summed E-state index contributed by atoms with van der Waals surface area (Å²) in [5, 5.41) is 4.24. The van der Waals surface area contributed by atoms with Crippen LogP contribution in [0.15, 0.2) is 5.16 Å². The highest BCUT2D eigenvalue weighted by Crippen LogP contribution is 2.61. The molecule has 5 atom stereocenters. The number of nitrogens with zero attached hydrogens (tertiary/aromatic N) is 2. The fraction of sp³-hybridized carbons (Fsp3) is 0.818. The Labute approximate surface area is 88.2 Å². The Balaban J connectivity index is 1.49. The largest absolute Gasteiger partial charge is 0.389 e. The van der Waals surface area contributed by atoms with Crippen molar-refractivity contribution in [1.82, 2.24) is 4.90 Å². The predicted octanol–water partition coefficient (Wildman–Crippen LogP) is 0.485. The normalized spacial score (nSPS) is 54.2. The summed E-state index contributed by atoms with van der Waals surface area (Å²) in [7, 11) is 0. The molecule has 4 aliphatic rings. The minimum absolute atomic E-state index is 0.0521. The van der Waals surface area contributed by atoms with Crippen molar-refractivity contribution in [3.63, 3.8) is 0 Å². The molecular formula is C11H14N2O2. The van der Waals surface area contributed by atoms with Gasteiger partial charge in [-0.1, -0.05) is 5.16 Å². The van der Waals surface area contributed by atoms with Gasteiger partial charge in [0.1, 0.15) is 5.60 Å². The van der Waals surface area contributed by atoms with Crippen molar-refractivity contribution in [3.05, 3.63) is 0 Å². The summed E-state index contributed by atoms with van der Waals surface area (Å²) in [6.45, 7) is 4.01. The Kier molecular flexibility index (Phi) is 1.19. The van der Waals surface area contributed by atoms with E-state index in [4.69, 9.17) is 4.84 Å². The van der Waals surface area contributed by atoms with Crippen molar-refractivity contribution >= 4 is 12.1 Å². The van der Waals surface area contributed by atoms with E-state index in [0.717, 1.165) is 25.9 Å². The van der Waals surface area contributed by atoms with Gasteiger partial charge in [-0.25, -0.2) is 0 Å². The smallest absolute Gasteiger partial charge is 0.209 e. The monoisotopic (exact) mass is 206 g/mol. The van der Waals surface area contributed by atoms with Crippen LogP contribution in [0.5, 0.6) is 0 Å². The molecule has 2 aliphatic heterocycles. The topological polar surface area (TPSA) is 41.9 Å². The van der Waals surface area contributed by atoms with E-state index >= 15 is 0 Å². The lowest BCUT2D eigenvalue weighted by molar-refractivity contribution is -0.117. The lowest BCUT2D eigenvalue weighted by Gasteiger charge is -2.13. The van der Waals surface area contributed by atoms with Crippen LogP contribution in [0, 0.1) is 23.7 Å². The van der Waals surface area contributed by atoms with E-state index < -0.39 is 0 Å². The summed E-state index contributed by atoms with van der Waals surface area (Å²) in [6, 6.07) is 0. The van der Waals surface area contributed by atoms with Gasteiger partial charge >= 0.3 is 0 Å². The van der Waals surface area contributed by atoms with E-state index in [1.807, 2.05) is 4.90 Å². The summed E-state index contributed by atoms with van der Waals surface area (Å²) >= 11 is 0. The molecule has 2 saturated carbocycles. The lowest BCUT2D eigenvalue weighted by atomic mass is 10.1. The first-order valence-electron chi connectivity index (χ1n) is 5.68. The Morgan fingerprint density at radius 1 is 1.53 bits per heavy atom. The second kappa shape index (κ2) is 2.20. The molecule has 1 saturated heterocycles. The van der Waals surface area contributed by atoms with Crippen LogP contribution in [0.4, 0.5) is 0 Å². The van der Waals surface area contributed by atoms with E-state index in [1.165, 1.54) is 5.71 Å². The second-order valence-electron chi connectivity index (χ2n) is 5.59. The molecule has 4 rings (SSSR count). The van der Waals surface area contributed by atoms with Gasteiger partial charge < -0.3 is 9.74 Å². The van der Waals surface area contributed by atoms with E-state index in [0.29, 0.717) is 23.7 Å². The zero-order chi connectivity index (χ0) is 10.2. The molecule has 15 heavy (non-hydrogen) atoms. The summed E-state index contributed by atoms with van der Waals surface area (Å²) in [5.74, 6) is 2.59. The van der Waals surface area contributed by atoms with E-state index in [9.17, 15) is 4.79 Å². The molecule has 1 amide bonds. The molecule has 0 unspecified atom stereocenters. The summed E-state index contributed by atoms with van der Waals surface area (Å²) < 4.78 is 0. The molecule has 3 fully saturated rings. The molecule has 0 aromatic carbocycles. The molecule has 0 radical (unpaired) electrons. The molecule has 0 bridgehead atoms. The number of carbonyl (C=O) groups excluding carboxylic acids is 1. The molecule has 0 spiro atoms. The summed E-state index contributed by atoms with van der Waals surface area (Å²) in [5.41, 5.74) is 1.36. The van der Waals surface area contributed by atoms with Gasteiger partial charge in [0.15, 0.2) is 0 Å². The molecule has 80 valence electrons. The van der Waals surface area contributed by atoms with E-state index in [2.05, 4.69) is 12.1 Å². The fourth-order valence-electron chi connectivity index (χ4n) is 3.46. The van der Waals surface area contributed by atoms with Crippen LogP contribution in [0.25, 0.3) is 0 Å². The Morgan fingerprint density at radius 3 is 2.73 bits per heavy atom. The van der Waals surface area contributed by atoms with Gasteiger partial charge in [-0.2, -0.15) is 0 Å². The maximum absolute atomic E-state index is 10.6. The third-order valence-corrected chi connectivity index (χ3v) is 4.62. The van der Waals surface area contributed by atoms with Crippen LogP contribution in [0.1, 0.15) is 13.3 Å². The zero-order valence-electron chi connectivity index (χ0n) is 8.72. The minimum atomic E-state index is 0.0521. The Hall–Kier alpha value is -1.06. The Morgan fingerprint density at radius 2 is 2.27 bits per heavy atom. The first-order valence-corrected chi connectivity index (χ1v) is 5.68. The maximum Gasteiger partial charge on any atom is 0.209 e. The quantitative estimate of drug-likeness (QED) is 0.617. The molecule has 2 heterocycles. The number of hydrogen-bond acceptors (Lipinski definition) is 3. The molecule has 4 heteroatoms. The molecule has 0 N–H and O–H groups in total. The molecular weight excluding hydrogens is 192 g/mol. The van der Waals surface area contributed by atoms with Gasteiger partial charge in [-0.15, -0.1) is 0 Å². The number of piperidine rings is 1. The van der Waals surface area contributed by atoms with Crippen molar-refractivity contribution in [1.29, 1.82) is 0 Å². The number of carbonyl (C=O) groups is 1. The van der Waals surface area contributed by atoms with Gasteiger partial charge in [0.05, 0.1) is 5.71 Å². The zero-order valence-corrected chi connectivity index (χ0v) is 8.72. The predicted molar refractivity (Wildman–Crippen MR) is 53.1 cm³/mol. The SMILES string of the molecule is C[C@]12C[C@H]1C([C@@H]1[C@@H]3CN(C=O)C[C@@H]31)=NO2. The van der Waals surface area contributed by atoms with E-state index in [1.54, 1.807) is 0 Å². The first-order chi connectivity index (χ1) is 7.23. The van der Waals surface area contributed by atoms with Crippen molar-refractivity contribution in [2.75, 3.05) is 13.1 Å². The van der Waals surface area contributed by atoms with Gasteiger partial charge in [0.25, 0.3) is 0 Å². The molecule has 2 aliphatic carbocycles. The van der Waals surface area contributed by atoms with Gasteiger partial charge in [0, 0.05) is 31.3 Å². The number of oxime groups is 1. The average Bonchev–Trinajstić information content (AvgIpc) is 2.99. The molecule has 0 aromatic rings. The van der Waals surface area contributed by atoms with Gasteiger partial charge in [-0.05, 0) is 18.8 Å². The number of amides is 1. The van der Waals surface area contributed by atoms with Gasteiger partial charge in [-0.3, -0.25) is 4.79 Å². The number of rotatable bonds is 2. The molecule has 4 nitrogen and oxygen atoms in total. The highest BCUT2D eigenvalue weighted by atomic mass is 16.7. The third kappa shape index (κ3) is 0.880. The second-order valence-corrected chi connectivity index (χ2v) is 5.59. The Bertz CT molecular complexity index is 369. The molecule has 0 aromatic heterocycles. The fourth-order valence-corrected chi connectivity index (χ4v) is 3.46. The van der Waals surface area contributed by atoms with Crippen LogP contribution in [0.2, 0.25) is 0 Å². The first kappa shape index (κ1) is 8.13. The number of fused-ring (bicyclic) bond motifs is 2. The standard InChI is InChI=1S/C11H14N2O2/c1-11-2-8(11)10(12-15-11)9-6-3-13(5-14)4-7(6)9/h5-9H,2-4H2,1H3/t6-,7+,8-,9-,11-/m0/s1. The van der Waals surface area contributed by atoms with Crippen molar-refractivity contribution in [2.24, 2.45) is 28.8 Å². The van der Waals surface area contributed by atoms with Crippen LogP contribution in [0.3, 0.4) is 0 Å². The number of likely N-dealkylation sites (tertiary alicyclic amines) is 1. The van der Waals surface area contributed by atoms with Crippen molar-refractivity contribution in [3.8, 4) is 0 Å². The highest BCUT2D eigenvalue weighted by Gasteiger charge is 2.68. The van der Waals surface area contributed by atoms with E-state index in [-0.39, 0.29) is 5.60 Å². The average molecular weight is 206 g/mol. The summed E-state index contributed by atoms with van der Waals surface area (Å²) in [6.07, 6.45) is 2.12. The summed E-state index contributed by atoms with van der Waals surface area (Å²) in [4.78, 5) is 17.9. The highest BCUT2D eigenvalue weighted by molar-refractivity contribution is 5.96. The van der Waals surface area contributed by atoms with Crippen LogP contribution < -0.4 is 0 Å². The van der Waals surface area contributed by atoms with Crippen molar-refractivity contribution < 1.29 is 9.63 Å². The van der Waals surface area contributed by atoms with Crippen molar-refractivity contribution in [2.45, 2.75) is 18.9 Å². The van der Waals surface area contributed by atoms with Gasteiger partial charge in [0.2, 0.25) is 6.41 Å². The van der Waals surface area contributed by atoms with Crippen LogP contribution >= 0.6 is 0 Å². The van der Waals surface area contributed by atoms with Crippen LogP contribution in [-0.2, 0) is 9.63 Å². The maximum atomic E-state index is 10.6. The minimum Gasteiger partial charge on any atom is -0.389 e. The van der Waals surface area contributed by atoms with Crippen LogP contribution in [-0.4, -0.2) is 35.7 Å². The lowest BCUT2D eigenvalue weighted by Crippen LogP contribution is -2.25. The third-order valence-electron chi connectivity index (χ3n) is 4.62. The number of hydrogen-bond donors (Lipinski definition) is 0.